The van der Waals surface area contributed by atoms with E-state index < -0.39 is 0 Å². The van der Waals surface area contributed by atoms with Crippen molar-refractivity contribution in [2.24, 2.45) is 0 Å². The predicted octanol–water partition coefficient (Wildman–Crippen LogP) is 13.0. The summed E-state index contributed by atoms with van der Waals surface area (Å²) in [5.74, 6) is 1.80. The zero-order valence-corrected chi connectivity index (χ0v) is 30.4. The largest absolute Gasteiger partial charge is 0.456 e. The van der Waals surface area contributed by atoms with Crippen LogP contribution in [0.15, 0.2) is 180 Å². The molecule has 0 amide bonds. The molecule has 6 nitrogen and oxygen atoms in total. The van der Waals surface area contributed by atoms with Gasteiger partial charge in [0.1, 0.15) is 11.2 Å². The summed E-state index contributed by atoms with van der Waals surface area (Å²) in [6.07, 6.45) is 0. The van der Waals surface area contributed by atoms with E-state index in [-0.39, 0.29) is 0 Å². The number of hydrogen-bond donors (Lipinski definition) is 0. The average molecular weight is 728 g/mol. The Hall–Kier alpha value is -7.83. The van der Waals surface area contributed by atoms with Crippen LogP contribution in [0.1, 0.15) is 0 Å². The third-order valence-electron chi connectivity index (χ3n) is 11.7. The van der Waals surface area contributed by atoms with Crippen LogP contribution < -0.4 is 0 Å². The number of benzene rings is 9. The van der Waals surface area contributed by atoms with Crippen molar-refractivity contribution in [2.75, 3.05) is 0 Å². The number of fused-ring (bicyclic) bond motifs is 10. The lowest BCUT2D eigenvalue weighted by Crippen LogP contribution is -2.07. The second-order valence-corrected chi connectivity index (χ2v) is 14.7. The zero-order valence-electron chi connectivity index (χ0n) is 30.4. The fourth-order valence-corrected chi connectivity index (χ4v) is 9.37. The van der Waals surface area contributed by atoms with Gasteiger partial charge >= 0.3 is 0 Å². The SMILES string of the molecule is c1ccc(-c2nc(-c3ccccc3)nc(-n3c4ccccc4c4ccc5c6ccccc6n(-c6ccc7oc8cccc9c%10ccccc%10c6c7c89)c5c43)n2)cc1. The molecule has 9 aromatic carbocycles. The van der Waals surface area contributed by atoms with E-state index in [1.165, 1.54) is 26.9 Å². The first-order chi connectivity index (χ1) is 28.3. The minimum Gasteiger partial charge on any atom is -0.456 e. The highest BCUT2D eigenvalue weighted by molar-refractivity contribution is 6.35. The second-order valence-electron chi connectivity index (χ2n) is 14.7. The van der Waals surface area contributed by atoms with Gasteiger partial charge in [0.2, 0.25) is 5.95 Å². The fraction of sp³-hybridized carbons (Fsp3) is 0. The minimum absolute atomic E-state index is 0.561. The second kappa shape index (κ2) is 11.4. The maximum atomic E-state index is 6.58. The van der Waals surface area contributed by atoms with Crippen molar-refractivity contribution in [3.05, 3.63) is 176 Å². The van der Waals surface area contributed by atoms with Crippen molar-refractivity contribution in [1.29, 1.82) is 0 Å². The Bertz CT molecular complexity index is 3690. The van der Waals surface area contributed by atoms with Crippen molar-refractivity contribution in [2.45, 2.75) is 0 Å². The highest BCUT2D eigenvalue weighted by atomic mass is 16.3. The Morgan fingerprint density at radius 3 is 1.51 bits per heavy atom. The summed E-state index contributed by atoms with van der Waals surface area (Å²) in [5.41, 5.74) is 8.99. The Morgan fingerprint density at radius 1 is 0.333 bits per heavy atom. The molecular weight excluding hydrogens is 699 g/mol. The van der Waals surface area contributed by atoms with Crippen molar-refractivity contribution < 1.29 is 4.42 Å². The third-order valence-corrected chi connectivity index (χ3v) is 11.7. The summed E-state index contributed by atoms with van der Waals surface area (Å²) in [6.45, 7) is 0. The molecule has 0 N–H and O–H groups in total. The Labute approximate surface area is 324 Å². The lowest BCUT2D eigenvalue weighted by Gasteiger charge is -2.16. The normalized spacial score (nSPS) is 12.2. The van der Waals surface area contributed by atoms with E-state index in [2.05, 4.69) is 149 Å². The van der Waals surface area contributed by atoms with Gasteiger partial charge in [0.05, 0.1) is 27.8 Å². The smallest absolute Gasteiger partial charge is 0.238 e. The summed E-state index contributed by atoms with van der Waals surface area (Å²) in [4.78, 5) is 15.6. The standard InChI is InChI=1S/C51H29N5O/c1-3-14-30(15-4-1)49-52-50(31-16-5-2-6-17-31)54-51(53-49)56-40-24-12-10-20-34(40)38-27-26-37-33-19-9-11-23-39(33)55(47(37)48(38)56)41-28-29-43-46-44(41)35-21-8-7-18-32(35)36-22-13-25-42(57-43)45(36)46/h1-29H. The van der Waals surface area contributed by atoms with E-state index in [1.54, 1.807) is 0 Å². The number of aromatic nitrogens is 5. The molecule has 4 heterocycles. The van der Waals surface area contributed by atoms with Crippen LogP contribution in [0.25, 0.3) is 122 Å². The molecule has 264 valence electrons. The minimum atomic E-state index is 0.561. The molecule has 13 aromatic rings. The maximum Gasteiger partial charge on any atom is 0.238 e. The molecule has 57 heavy (non-hydrogen) atoms. The van der Waals surface area contributed by atoms with Gasteiger partial charge in [-0.15, -0.1) is 0 Å². The van der Waals surface area contributed by atoms with E-state index in [1.807, 2.05) is 36.4 Å². The Kier molecular flexibility index (Phi) is 6.07. The average Bonchev–Trinajstić information content (AvgIpc) is 3.95. The van der Waals surface area contributed by atoms with Gasteiger partial charge in [-0.05, 0) is 46.5 Å². The monoisotopic (exact) mass is 727 g/mol. The summed E-state index contributed by atoms with van der Waals surface area (Å²) in [5, 5.41) is 11.6. The quantitative estimate of drug-likeness (QED) is 0.169. The van der Waals surface area contributed by atoms with Crippen LogP contribution in [-0.2, 0) is 0 Å². The van der Waals surface area contributed by atoms with E-state index in [4.69, 9.17) is 19.4 Å². The molecule has 0 radical (unpaired) electrons. The van der Waals surface area contributed by atoms with Gasteiger partial charge in [0, 0.05) is 48.8 Å². The molecule has 0 aliphatic rings. The van der Waals surface area contributed by atoms with Gasteiger partial charge < -0.3 is 8.98 Å². The molecule has 6 heteroatoms. The van der Waals surface area contributed by atoms with Crippen LogP contribution in [0, 0.1) is 0 Å². The van der Waals surface area contributed by atoms with Gasteiger partial charge in [-0.1, -0.05) is 146 Å². The zero-order chi connectivity index (χ0) is 37.2. The van der Waals surface area contributed by atoms with E-state index in [0.717, 1.165) is 77.0 Å². The van der Waals surface area contributed by atoms with Crippen molar-refractivity contribution >= 4 is 87.1 Å². The van der Waals surface area contributed by atoms with Crippen LogP contribution in [-0.4, -0.2) is 24.1 Å². The van der Waals surface area contributed by atoms with Gasteiger partial charge in [0.15, 0.2) is 11.6 Å². The molecule has 0 bridgehead atoms. The first-order valence-electron chi connectivity index (χ1n) is 19.2. The van der Waals surface area contributed by atoms with Crippen molar-refractivity contribution in [3.8, 4) is 34.4 Å². The first-order valence-corrected chi connectivity index (χ1v) is 19.2. The molecule has 0 saturated carbocycles. The highest BCUT2D eigenvalue weighted by Crippen LogP contribution is 2.47. The van der Waals surface area contributed by atoms with Gasteiger partial charge in [0.25, 0.3) is 0 Å². The Morgan fingerprint density at radius 2 is 0.842 bits per heavy atom. The molecule has 0 spiro atoms. The van der Waals surface area contributed by atoms with Gasteiger partial charge in [-0.3, -0.25) is 4.57 Å². The number of furan rings is 1. The van der Waals surface area contributed by atoms with E-state index in [9.17, 15) is 0 Å². The van der Waals surface area contributed by atoms with Crippen LogP contribution in [0.3, 0.4) is 0 Å². The maximum absolute atomic E-state index is 6.58. The summed E-state index contributed by atoms with van der Waals surface area (Å²) in [7, 11) is 0. The summed E-state index contributed by atoms with van der Waals surface area (Å²) >= 11 is 0. The molecule has 4 aromatic heterocycles. The van der Waals surface area contributed by atoms with Crippen LogP contribution >= 0.6 is 0 Å². The molecule has 0 aliphatic carbocycles. The highest BCUT2D eigenvalue weighted by Gasteiger charge is 2.26. The van der Waals surface area contributed by atoms with Crippen molar-refractivity contribution in [3.63, 3.8) is 0 Å². The van der Waals surface area contributed by atoms with Crippen LogP contribution in [0.4, 0.5) is 0 Å². The summed E-state index contributed by atoms with van der Waals surface area (Å²) < 4.78 is 11.3. The third kappa shape index (κ3) is 4.16. The fourth-order valence-electron chi connectivity index (χ4n) is 9.37. The summed E-state index contributed by atoms with van der Waals surface area (Å²) in [6, 6.07) is 61.8. The van der Waals surface area contributed by atoms with Crippen LogP contribution in [0.2, 0.25) is 0 Å². The van der Waals surface area contributed by atoms with E-state index in [0.29, 0.717) is 17.6 Å². The number of hydrogen-bond acceptors (Lipinski definition) is 4. The molecular formula is C51H29N5O. The molecule has 0 atom stereocenters. The molecule has 0 saturated heterocycles. The molecule has 0 aliphatic heterocycles. The first kappa shape index (κ1) is 30.5. The topological polar surface area (TPSA) is 61.7 Å². The van der Waals surface area contributed by atoms with Crippen molar-refractivity contribution in [1.82, 2.24) is 24.1 Å². The lowest BCUT2D eigenvalue weighted by molar-refractivity contribution is 0.669. The van der Waals surface area contributed by atoms with Crippen LogP contribution in [0.5, 0.6) is 0 Å². The number of rotatable bonds is 4. The van der Waals surface area contributed by atoms with E-state index >= 15 is 0 Å². The predicted molar refractivity (Wildman–Crippen MR) is 233 cm³/mol. The Balaban J connectivity index is 1.24. The molecule has 0 unspecified atom stereocenters. The van der Waals surface area contributed by atoms with Gasteiger partial charge in [-0.25, -0.2) is 4.98 Å². The molecule has 13 rings (SSSR count). The lowest BCUT2D eigenvalue weighted by atomic mass is 9.93. The van der Waals surface area contributed by atoms with Gasteiger partial charge in [-0.2, -0.15) is 9.97 Å². The molecule has 0 fully saturated rings. The number of para-hydroxylation sites is 2. The number of nitrogens with zero attached hydrogens (tertiary/aromatic N) is 5.